The van der Waals surface area contributed by atoms with Gasteiger partial charge in [0.15, 0.2) is 0 Å². The first-order valence-corrected chi connectivity index (χ1v) is 12.1. The zero-order valence-corrected chi connectivity index (χ0v) is 19.2. The lowest BCUT2D eigenvalue weighted by atomic mass is 9.94. The summed E-state index contributed by atoms with van der Waals surface area (Å²) in [5, 5.41) is 27.0. The molecule has 5 atom stereocenters. The smallest absolute Gasteiger partial charge is 0.145 e. The maximum Gasteiger partial charge on any atom is 0.145 e. The number of aryl methyl sites for hydroxylation is 1. The van der Waals surface area contributed by atoms with Crippen LogP contribution in [0, 0.1) is 11.8 Å². The fourth-order valence-electron chi connectivity index (χ4n) is 5.71. The monoisotopic (exact) mass is 458 g/mol. The van der Waals surface area contributed by atoms with Crippen LogP contribution in [0.5, 0.6) is 0 Å². The maximum atomic E-state index is 10.8. The van der Waals surface area contributed by atoms with Crippen molar-refractivity contribution < 1.29 is 10.2 Å². The summed E-state index contributed by atoms with van der Waals surface area (Å²) in [5.41, 5.74) is 10.1. The molecule has 1 aliphatic carbocycles. The van der Waals surface area contributed by atoms with Crippen LogP contribution in [0.4, 0.5) is 11.6 Å². The lowest BCUT2D eigenvalue weighted by molar-refractivity contribution is 0.00545. The Balaban J connectivity index is 1.19. The largest absolute Gasteiger partial charge is 0.390 e. The highest BCUT2D eigenvalue weighted by atomic mass is 16.3. The minimum absolute atomic E-state index is 0.00743. The SMILES string of the molecule is CC1CNc2nc3cc(CC[C@H]4C[C@@H](n5ccc6c(N)ncnc65)[C@H](O)[C@@H]4O)ccc3cc2C1. The summed E-state index contributed by atoms with van der Waals surface area (Å²) in [7, 11) is 0. The fraction of sp³-hybridized carbons (Fsp3) is 0.423. The number of anilines is 2. The number of hydrogen-bond donors (Lipinski definition) is 4. The number of nitrogens with one attached hydrogen (secondary N) is 1. The predicted octanol–water partition coefficient (Wildman–Crippen LogP) is 3.08. The molecule has 1 saturated carbocycles. The van der Waals surface area contributed by atoms with Gasteiger partial charge in [-0.25, -0.2) is 15.0 Å². The molecular formula is C26H30N6O2. The first kappa shape index (κ1) is 21.3. The molecule has 4 aromatic rings. The minimum Gasteiger partial charge on any atom is -0.390 e. The van der Waals surface area contributed by atoms with E-state index in [1.165, 1.54) is 17.5 Å². The molecule has 2 aliphatic rings. The van der Waals surface area contributed by atoms with E-state index in [0.717, 1.165) is 47.9 Å². The Kier molecular flexibility index (Phi) is 5.15. The zero-order chi connectivity index (χ0) is 23.4. The Morgan fingerprint density at radius 1 is 1.15 bits per heavy atom. The van der Waals surface area contributed by atoms with Crippen molar-refractivity contribution in [3.05, 3.63) is 54.0 Å². The van der Waals surface area contributed by atoms with Gasteiger partial charge in [0, 0.05) is 18.1 Å². The van der Waals surface area contributed by atoms with Crippen LogP contribution in [0.2, 0.25) is 0 Å². The number of aliphatic hydroxyl groups excluding tert-OH is 2. The summed E-state index contributed by atoms with van der Waals surface area (Å²) < 4.78 is 1.93. The highest BCUT2D eigenvalue weighted by Crippen LogP contribution is 2.39. The quantitative estimate of drug-likeness (QED) is 0.371. The fourth-order valence-corrected chi connectivity index (χ4v) is 5.71. The predicted molar refractivity (Wildman–Crippen MR) is 133 cm³/mol. The molecule has 1 aliphatic heterocycles. The molecule has 0 amide bonds. The highest BCUT2D eigenvalue weighted by molar-refractivity contribution is 5.86. The summed E-state index contributed by atoms with van der Waals surface area (Å²) in [6, 6.07) is 10.3. The Bertz CT molecular complexity index is 1370. The Morgan fingerprint density at radius 3 is 2.91 bits per heavy atom. The molecule has 5 N–H and O–H groups in total. The van der Waals surface area contributed by atoms with Gasteiger partial charge < -0.3 is 25.8 Å². The first-order valence-electron chi connectivity index (χ1n) is 12.1. The molecule has 3 aromatic heterocycles. The van der Waals surface area contributed by atoms with Gasteiger partial charge in [0.05, 0.1) is 23.0 Å². The molecule has 8 nitrogen and oxygen atoms in total. The van der Waals surface area contributed by atoms with Crippen molar-refractivity contribution >= 4 is 33.6 Å². The molecule has 4 heterocycles. The van der Waals surface area contributed by atoms with Gasteiger partial charge in [-0.3, -0.25) is 0 Å². The van der Waals surface area contributed by atoms with Gasteiger partial charge in [-0.2, -0.15) is 0 Å². The van der Waals surface area contributed by atoms with Crippen LogP contribution >= 0.6 is 0 Å². The van der Waals surface area contributed by atoms with E-state index in [2.05, 4.69) is 46.5 Å². The van der Waals surface area contributed by atoms with Crippen molar-refractivity contribution in [2.24, 2.45) is 11.8 Å². The van der Waals surface area contributed by atoms with E-state index < -0.39 is 12.2 Å². The van der Waals surface area contributed by atoms with E-state index in [-0.39, 0.29) is 12.0 Å². The van der Waals surface area contributed by atoms with Crippen LogP contribution in [0.25, 0.3) is 21.9 Å². The average Bonchev–Trinajstić information content (AvgIpc) is 3.38. The van der Waals surface area contributed by atoms with E-state index >= 15 is 0 Å². The molecule has 34 heavy (non-hydrogen) atoms. The van der Waals surface area contributed by atoms with E-state index in [4.69, 9.17) is 10.7 Å². The molecule has 1 unspecified atom stereocenters. The van der Waals surface area contributed by atoms with Crippen LogP contribution in [0.15, 0.2) is 42.9 Å². The van der Waals surface area contributed by atoms with Gasteiger partial charge in [0.2, 0.25) is 0 Å². The second-order valence-electron chi connectivity index (χ2n) is 10.0. The number of nitrogens with zero attached hydrogens (tertiary/aromatic N) is 4. The van der Waals surface area contributed by atoms with E-state index in [0.29, 0.717) is 23.8 Å². The molecule has 176 valence electrons. The van der Waals surface area contributed by atoms with Crippen molar-refractivity contribution in [1.29, 1.82) is 0 Å². The van der Waals surface area contributed by atoms with Gasteiger partial charge in [-0.1, -0.05) is 19.1 Å². The number of rotatable bonds is 4. The number of nitrogen functional groups attached to an aromatic ring is 1. The lowest BCUT2D eigenvalue weighted by Crippen LogP contribution is -2.29. The molecule has 6 rings (SSSR count). The van der Waals surface area contributed by atoms with Gasteiger partial charge in [0.1, 0.15) is 29.7 Å². The zero-order valence-electron chi connectivity index (χ0n) is 19.2. The molecule has 0 saturated heterocycles. The Hall–Kier alpha value is -3.23. The van der Waals surface area contributed by atoms with Crippen molar-refractivity contribution in [3.63, 3.8) is 0 Å². The Labute approximate surface area is 197 Å². The molecule has 1 aromatic carbocycles. The maximum absolute atomic E-state index is 10.8. The molecular weight excluding hydrogens is 428 g/mol. The summed E-state index contributed by atoms with van der Waals surface area (Å²) in [4.78, 5) is 13.3. The third-order valence-corrected chi connectivity index (χ3v) is 7.62. The third kappa shape index (κ3) is 3.58. The van der Waals surface area contributed by atoms with Crippen LogP contribution in [-0.4, -0.2) is 48.5 Å². The summed E-state index contributed by atoms with van der Waals surface area (Å²) in [6.07, 6.45) is 5.03. The van der Waals surface area contributed by atoms with E-state index in [9.17, 15) is 10.2 Å². The number of aromatic nitrogens is 4. The third-order valence-electron chi connectivity index (χ3n) is 7.62. The van der Waals surface area contributed by atoms with Crippen LogP contribution in [0.3, 0.4) is 0 Å². The summed E-state index contributed by atoms with van der Waals surface area (Å²) in [5.74, 6) is 2.04. The summed E-state index contributed by atoms with van der Waals surface area (Å²) >= 11 is 0. The number of pyridine rings is 1. The van der Waals surface area contributed by atoms with Gasteiger partial charge in [0.25, 0.3) is 0 Å². The lowest BCUT2D eigenvalue weighted by Gasteiger charge is -2.23. The molecule has 0 bridgehead atoms. The Morgan fingerprint density at radius 2 is 2.03 bits per heavy atom. The average molecular weight is 459 g/mol. The van der Waals surface area contributed by atoms with Crippen molar-refractivity contribution in [1.82, 2.24) is 19.5 Å². The minimum atomic E-state index is -0.852. The van der Waals surface area contributed by atoms with Gasteiger partial charge in [-0.15, -0.1) is 0 Å². The topological polar surface area (TPSA) is 122 Å². The van der Waals surface area contributed by atoms with Crippen LogP contribution in [-0.2, 0) is 12.8 Å². The summed E-state index contributed by atoms with van der Waals surface area (Å²) in [6.45, 7) is 3.22. The van der Waals surface area contributed by atoms with Crippen molar-refractivity contribution in [2.75, 3.05) is 17.6 Å². The number of fused-ring (bicyclic) bond motifs is 3. The van der Waals surface area contributed by atoms with E-state index in [1.54, 1.807) is 0 Å². The number of hydrogen-bond acceptors (Lipinski definition) is 7. The highest BCUT2D eigenvalue weighted by Gasteiger charge is 2.42. The number of nitrogens with two attached hydrogens (primary N) is 1. The molecule has 0 radical (unpaired) electrons. The number of benzene rings is 1. The van der Waals surface area contributed by atoms with Crippen molar-refractivity contribution in [2.45, 2.75) is 50.9 Å². The second-order valence-corrected chi connectivity index (χ2v) is 10.0. The van der Waals surface area contributed by atoms with Crippen LogP contribution in [0.1, 0.15) is 36.9 Å². The normalized spacial score (nSPS) is 26.6. The van der Waals surface area contributed by atoms with Gasteiger partial charge >= 0.3 is 0 Å². The molecule has 0 spiro atoms. The van der Waals surface area contributed by atoms with Crippen LogP contribution < -0.4 is 11.1 Å². The van der Waals surface area contributed by atoms with Crippen molar-refractivity contribution in [3.8, 4) is 0 Å². The van der Waals surface area contributed by atoms with E-state index in [1.807, 2.05) is 16.8 Å². The molecule has 8 heteroatoms. The second kappa shape index (κ2) is 8.21. The van der Waals surface area contributed by atoms with Gasteiger partial charge in [-0.05, 0) is 66.8 Å². The standard InChI is InChI=1S/C26H30N6O2/c1-14-8-18-10-16-4-2-15(9-20(16)31-25(18)28-12-14)3-5-17-11-21(23(34)22(17)33)32-7-6-19-24(27)29-13-30-26(19)32/h2,4,6-7,9-10,13-14,17,21-23,33-34H,3,5,8,11-12H2,1H3,(H,28,31)(H2,27,29,30)/t14?,17-,21+,22+,23-/m0/s1. The first-order chi connectivity index (χ1) is 16.5. The molecule has 1 fully saturated rings. The number of aliphatic hydroxyl groups is 2.